The first kappa shape index (κ1) is 17.0. The molecule has 5 nitrogen and oxygen atoms in total. The summed E-state index contributed by atoms with van der Waals surface area (Å²) in [5, 5.41) is 0.111. The van der Waals surface area contributed by atoms with Gasteiger partial charge in [-0.25, -0.2) is 4.98 Å². The number of carbonyl (C=O) groups excluding carboxylic acids is 1. The molecule has 24 heavy (non-hydrogen) atoms. The quantitative estimate of drug-likeness (QED) is 0.767. The van der Waals surface area contributed by atoms with E-state index in [2.05, 4.69) is 4.98 Å². The van der Waals surface area contributed by atoms with Crippen LogP contribution < -0.4 is 5.56 Å². The van der Waals surface area contributed by atoms with Crippen molar-refractivity contribution in [2.45, 2.75) is 26.2 Å². The Morgan fingerprint density at radius 3 is 2.62 bits per heavy atom. The van der Waals surface area contributed by atoms with Gasteiger partial charge < -0.3 is 9.47 Å². The molecule has 2 aromatic rings. The third-order valence-electron chi connectivity index (χ3n) is 3.97. The molecule has 0 spiro atoms. The second kappa shape index (κ2) is 5.59. The molecule has 0 aromatic carbocycles. The molecule has 10 heteroatoms. The number of aromatic nitrogens is 2. The van der Waals surface area contributed by atoms with Crippen molar-refractivity contribution in [1.82, 2.24) is 14.5 Å². The number of hydrogen-bond donors (Lipinski definition) is 0. The summed E-state index contributed by atoms with van der Waals surface area (Å²) in [7, 11) is 1.55. The second-order valence-electron chi connectivity index (χ2n) is 5.43. The zero-order chi connectivity index (χ0) is 17.8. The third-order valence-corrected chi connectivity index (χ3v) is 5.30. The standard InChI is InChI=1S/C14H11ClF3N3O2S/c1-6-7-3-21(4-9(7)20(2)12(23)10(6)15)11(22)8-5-24-13(19-8)14(16,17)18/h5H,3-4H2,1-2H3. The van der Waals surface area contributed by atoms with Crippen molar-refractivity contribution >= 4 is 28.8 Å². The first-order chi connectivity index (χ1) is 11.1. The van der Waals surface area contributed by atoms with Gasteiger partial charge in [-0.05, 0) is 18.1 Å². The minimum absolute atomic E-state index is 0.0820. The smallest absolute Gasteiger partial charge is 0.327 e. The molecular weight excluding hydrogens is 367 g/mol. The summed E-state index contributed by atoms with van der Waals surface area (Å²) >= 11 is 6.37. The number of alkyl halides is 3. The number of thiazole rings is 1. The molecule has 0 saturated carbocycles. The topological polar surface area (TPSA) is 55.2 Å². The molecule has 1 aliphatic rings. The number of fused-ring (bicyclic) bond motifs is 1. The van der Waals surface area contributed by atoms with Gasteiger partial charge in [0.1, 0.15) is 10.7 Å². The largest absolute Gasteiger partial charge is 0.443 e. The van der Waals surface area contributed by atoms with E-state index in [9.17, 15) is 22.8 Å². The molecule has 3 heterocycles. The zero-order valence-electron chi connectivity index (χ0n) is 12.6. The number of halogens is 4. The minimum Gasteiger partial charge on any atom is -0.327 e. The Kier molecular flexibility index (Phi) is 3.95. The van der Waals surface area contributed by atoms with E-state index in [0.717, 1.165) is 10.9 Å². The van der Waals surface area contributed by atoms with E-state index < -0.39 is 17.1 Å². The normalized spacial score (nSPS) is 14.2. The Balaban J connectivity index is 1.92. The molecular formula is C14H11ClF3N3O2S. The van der Waals surface area contributed by atoms with Crippen LogP contribution in [0.15, 0.2) is 10.2 Å². The number of nitrogens with zero attached hydrogens (tertiary/aromatic N) is 3. The fourth-order valence-electron chi connectivity index (χ4n) is 2.63. The molecule has 0 unspecified atom stereocenters. The maximum absolute atomic E-state index is 12.6. The molecule has 2 aromatic heterocycles. The summed E-state index contributed by atoms with van der Waals surface area (Å²) in [6, 6.07) is 0. The van der Waals surface area contributed by atoms with E-state index in [0.29, 0.717) is 22.6 Å². The van der Waals surface area contributed by atoms with Crippen LogP contribution in [-0.4, -0.2) is 20.4 Å². The van der Waals surface area contributed by atoms with Gasteiger partial charge in [0, 0.05) is 24.7 Å². The van der Waals surface area contributed by atoms with Gasteiger partial charge in [0.2, 0.25) is 0 Å². The van der Waals surface area contributed by atoms with Crippen LogP contribution in [-0.2, 0) is 26.3 Å². The predicted octanol–water partition coefficient (Wildman–Crippen LogP) is 2.98. The zero-order valence-corrected chi connectivity index (χ0v) is 14.1. The van der Waals surface area contributed by atoms with Crippen molar-refractivity contribution in [3.8, 4) is 0 Å². The second-order valence-corrected chi connectivity index (χ2v) is 6.66. The van der Waals surface area contributed by atoms with Gasteiger partial charge in [-0.3, -0.25) is 9.59 Å². The summed E-state index contributed by atoms with van der Waals surface area (Å²) in [5.41, 5.74) is 1.33. The first-order valence-electron chi connectivity index (χ1n) is 6.80. The van der Waals surface area contributed by atoms with Crippen molar-refractivity contribution in [1.29, 1.82) is 0 Å². The fraction of sp³-hybridized carbons (Fsp3) is 0.357. The Morgan fingerprint density at radius 1 is 1.38 bits per heavy atom. The number of amides is 1. The highest BCUT2D eigenvalue weighted by Gasteiger charge is 2.36. The molecule has 0 bridgehead atoms. The first-order valence-corrected chi connectivity index (χ1v) is 8.06. The summed E-state index contributed by atoms with van der Waals surface area (Å²) in [5.74, 6) is -0.610. The highest BCUT2D eigenvalue weighted by Crippen LogP contribution is 2.33. The number of hydrogen-bond acceptors (Lipinski definition) is 4. The lowest BCUT2D eigenvalue weighted by molar-refractivity contribution is -0.137. The highest BCUT2D eigenvalue weighted by atomic mass is 35.5. The van der Waals surface area contributed by atoms with E-state index in [1.165, 1.54) is 9.47 Å². The van der Waals surface area contributed by atoms with Crippen molar-refractivity contribution < 1.29 is 18.0 Å². The Bertz CT molecular complexity index is 904. The molecule has 0 aliphatic carbocycles. The lowest BCUT2D eigenvalue weighted by atomic mass is 10.1. The van der Waals surface area contributed by atoms with Gasteiger partial charge in [-0.1, -0.05) is 11.6 Å². The van der Waals surface area contributed by atoms with Crippen LogP contribution >= 0.6 is 22.9 Å². The summed E-state index contributed by atoms with van der Waals surface area (Å²) in [6.07, 6.45) is -4.58. The highest BCUT2D eigenvalue weighted by molar-refractivity contribution is 7.09. The average Bonchev–Trinajstić information content (AvgIpc) is 3.16. The molecule has 1 aliphatic heterocycles. The van der Waals surface area contributed by atoms with Gasteiger partial charge >= 0.3 is 6.18 Å². The molecule has 0 saturated heterocycles. The van der Waals surface area contributed by atoms with Gasteiger partial charge in [-0.15, -0.1) is 11.3 Å². The Labute approximate surface area is 143 Å². The number of pyridine rings is 1. The summed E-state index contributed by atoms with van der Waals surface area (Å²) in [4.78, 5) is 29.2. The van der Waals surface area contributed by atoms with E-state index in [1.54, 1.807) is 14.0 Å². The van der Waals surface area contributed by atoms with Gasteiger partial charge in [0.05, 0.1) is 6.54 Å². The van der Waals surface area contributed by atoms with E-state index in [1.807, 2.05) is 0 Å². The van der Waals surface area contributed by atoms with Crippen LogP contribution in [0.1, 0.15) is 32.3 Å². The molecule has 0 radical (unpaired) electrons. The Hall–Kier alpha value is -1.87. The molecule has 3 rings (SSSR count). The lowest BCUT2D eigenvalue weighted by Crippen LogP contribution is -2.27. The van der Waals surface area contributed by atoms with Gasteiger partial charge in [0.15, 0.2) is 5.01 Å². The maximum atomic E-state index is 12.6. The fourth-order valence-corrected chi connectivity index (χ4v) is 3.53. The van der Waals surface area contributed by atoms with Crippen LogP contribution in [0, 0.1) is 6.92 Å². The summed E-state index contributed by atoms with van der Waals surface area (Å²) < 4.78 is 39.2. The minimum atomic E-state index is -4.58. The van der Waals surface area contributed by atoms with E-state index >= 15 is 0 Å². The predicted molar refractivity (Wildman–Crippen MR) is 82.1 cm³/mol. The third kappa shape index (κ3) is 2.61. The maximum Gasteiger partial charge on any atom is 0.443 e. The van der Waals surface area contributed by atoms with Crippen LogP contribution in [0.3, 0.4) is 0 Å². The molecule has 0 atom stereocenters. The van der Waals surface area contributed by atoms with E-state index in [-0.39, 0.29) is 29.4 Å². The average molecular weight is 378 g/mol. The van der Waals surface area contributed by atoms with Crippen LogP contribution in [0.5, 0.6) is 0 Å². The monoisotopic (exact) mass is 377 g/mol. The van der Waals surface area contributed by atoms with Crippen LogP contribution in [0.4, 0.5) is 13.2 Å². The summed E-state index contributed by atoms with van der Waals surface area (Å²) in [6.45, 7) is 1.98. The van der Waals surface area contributed by atoms with Crippen LogP contribution in [0.2, 0.25) is 5.02 Å². The number of carbonyl (C=O) groups is 1. The van der Waals surface area contributed by atoms with Crippen molar-refractivity contribution in [2.24, 2.45) is 7.05 Å². The molecule has 0 N–H and O–H groups in total. The van der Waals surface area contributed by atoms with Crippen molar-refractivity contribution in [3.05, 3.63) is 48.3 Å². The Morgan fingerprint density at radius 2 is 2.04 bits per heavy atom. The molecule has 1 amide bonds. The van der Waals surface area contributed by atoms with Gasteiger partial charge in [-0.2, -0.15) is 13.2 Å². The SMILES string of the molecule is Cc1c2c(n(C)c(=O)c1Cl)CN(C(=O)c1csc(C(F)(F)F)n1)C2. The molecule has 0 fully saturated rings. The van der Waals surface area contributed by atoms with Crippen molar-refractivity contribution in [3.63, 3.8) is 0 Å². The van der Waals surface area contributed by atoms with Gasteiger partial charge in [0.25, 0.3) is 11.5 Å². The number of rotatable bonds is 1. The lowest BCUT2D eigenvalue weighted by Gasteiger charge is -2.13. The van der Waals surface area contributed by atoms with Crippen LogP contribution in [0.25, 0.3) is 0 Å². The molecule has 128 valence electrons. The van der Waals surface area contributed by atoms with E-state index in [4.69, 9.17) is 11.6 Å². The van der Waals surface area contributed by atoms with Crippen molar-refractivity contribution in [2.75, 3.05) is 0 Å².